The Morgan fingerprint density at radius 3 is 1.07 bits per heavy atom. The first kappa shape index (κ1) is 112. The largest absolute Gasteiger partial charge is 0.472 e. The van der Waals surface area contributed by atoms with Gasteiger partial charge in [-0.25, -0.2) is 4.57 Å². The number of carbonyl (C=O) groups is 4. The van der Waals surface area contributed by atoms with Crippen LogP contribution in [0.3, 0.4) is 0 Å². The van der Waals surface area contributed by atoms with Gasteiger partial charge in [0.1, 0.15) is 92.6 Å². The van der Waals surface area contributed by atoms with Crippen molar-refractivity contribution in [2.24, 2.45) is 5.92 Å². The van der Waals surface area contributed by atoms with Crippen molar-refractivity contribution in [1.82, 2.24) is 0 Å². The SMILES string of the molecule is CCCCCC/C=C\CCCCCCCCCC(=O)OCC(COP(=O)(O)OC1C(OC2OC(CO)C(O)C(O)C2O)C(O)C(O)C(OC(=O)CCCCCCCCC(C)CCCCCCCC)C1OC1OC(COC(=O)CCCCCCCCCCCCCCCCC)C(O)C(O)C1O)OC(=O)CCCCCCCCCCCCCCCCCC. The molecule has 19 unspecified atom stereocenters. The van der Waals surface area contributed by atoms with E-state index in [0.29, 0.717) is 38.0 Å². The lowest BCUT2D eigenvalue weighted by Crippen LogP contribution is -2.70. The third-order valence-corrected chi connectivity index (χ3v) is 25.4. The lowest BCUT2D eigenvalue weighted by atomic mass is 9.84. The van der Waals surface area contributed by atoms with Crippen molar-refractivity contribution in [1.29, 1.82) is 0 Å². The quantitative estimate of drug-likeness (QED) is 0.00889. The number of phosphoric ester groups is 1. The third kappa shape index (κ3) is 53.1. The standard InChI is InChI=1S/C95H177O25P/c1-6-10-14-18-22-25-28-31-34-37-40-43-46-49-56-62-68-80(99)114-75(71-111-78(97)66-60-54-47-44-41-38-35-32-29-26-23-19-15-11-7-2)72-113-121(109,110)120-93-91(118-94-88(107)84(103)82(101)76(70-96)115-94)87(106)86(105)90(117-81(100)69-63-57-51-50-53-59-65-74(5)64-58-52-21-17-13-9-4)92(93)119-95-89(108)85(104)83(102)77(116-95)73-112-79(98)67-61-55-48-45-42-39-36-33-30-27-24-20-16-12-8-3/h26,29,74-77,82-96,101-108H,6-25,27-28,30-73H2,1-5H3,(H,109,110)/b29-26-. The predicted molar refractivity (Wildman–Crippen MR) is 472 cm³/mol. The number of unbranched alkanes of at least 4 members (excludes halogenated alkanes) is 50. The summed E-state index contributed by atoms with van der Waals surface area (Å²) in [5.74, 6) is -2.33. The molecule has 3 rings (SSSR count). The summed E-state index contributed by atoms with van der Waals surface area (Å²) in [6.07, 6.45) is 31.8. The Morgan fingerprint density at radius 2 is 0.669 bits per heavy atom. The molecule has 2 saturated heterocycles. The molecule has 0 radical (unpaired) electrons. The molecule has 0 aromatic carbocycles. The van der Waals surface area contributed by atoms with Crippen LogP contribution in [0.1, 0.15) is 433 Å². The van der Waals surface area contributed by atoms with Gasteiger partial charge < -0.3 is 88.7 Å². The van der Waals surface area contributed by atoms with Gasteiger partial charge in [0.2, 0.25) is 0 Å². The maximum atomic E-state index is 14.9. The van der Waals surface area contributed by atoms with E-state index in [9.17, 15) is 74.6 Å². The molecule has 0 bridgehead atoms. The average Bonchev–Trinajstić information content (AvgIpc) is 0.755. The van der Waals surface area contributed by atoms with Gasteiger partial charge in [0.05, 0.1) is 13.2 Å². The first-order chi connectivity index (χ1) is 58.6. The minimum Gasteiger partial charge on any atom is -0.463 e. The smallest absolute Gasteiger partial charge is 0.463 e. The van der Waals surface area contributed by atoms with Gasteiger partial charge in [-0.3, -0.25) is 28.2 Å². The van der Waals surface area contributed by atoms with E-state index in [1.165, 1.54) is 193 Å². The van der Waals surface area contributed by atoms with Crippen molar-refractivity contribution < 1.29 is 122 Å². The highest BCUT2D eigenvalue weighted by molar-refractivity contribution is 7.47. The number of aliphatic hydroxyl groups is 9. The van der Waals surface area contributed by atoms with Crippen molar-refractivity contribution in [3.05, 3.63) is 12.2 Å². The van der Waals surface area contributed by atoms with Crippen LogP contribution in [-0.2, 0) is 70.7 Å². The van der Waals surface area contributed by atoms with Crippen LogP contribution in [0.15, 0.2) is 12.2 Å². The average molecular weight is 1750 g/mol. The molecule has 0 aromatic rings. The molecule has 2 aliphatic heterocycles. The molecular formula is C95H177O25P. The van der Waals surface area contributed by atoms with E-state index >= 15 is 0 Å². The Kier molecular flexibility index (Phi) is 67.8. The van der Waals surface area contributed by atoms with Crippen LogP contribution in [0.4, 0.5) is 0 Å². The fourth-order valence-electron chi connectivity index (χ4n) is 16.5. The number of carbonyl (C=O) groups excluding carboxylic acids is 4. The van der Waals surface area contributed by atoms with Gasteiger partial charge in [-0.2, -0.15) is 0 Å². The van der Waals surface area contributed by atoms with Crippen molar-refractivity contribution in [2.75, 3.05) is 26.4 Å². The van der Waals surface area contributed by atoms with Crippen LogP contribution in [0, 0.1) is 5.92 Å². The zero-order valence-electron chi connectivity index (χ0n) is 76.3. The van der Waals surface area contributed by atoms with Crippen LogP contribution in [-0.4, -0.2) is 205 Å². The van der Waals surface area contributed by atoms with Crippen LogP contribution in [0.2, 0.25) is 0 Å². The van der Waals surface area contributed by atoms with E-state index in [0.717, 1.165) is 148 Å². The van der Waals surface area contributed by atoms with Crippen molar-refractivity contribution in [3.63, 3.8) is 0 Å². The Bertz CT molecular complexity index is 2570. The zero-order chi connectivity index (χ0) is 88.4. The molecule has 2 heterocycles. The van der Waals surface area contributed by atoms with E-state index in [1.807, 2.05) is 0 Å². The first-order valence-corrected chi connectivity index (χ1v) is 50.8. The highest BCUT2D eigenvalue weighted by Gasteiger charge is 2.60. The number of rotatable bonds is 80. The van der Waals surface area contributed by atoms with Gasteiger partial charge in [-0.05, 0) is 57.3 Å². The summed E-state index contributed by atoms with van der Waals surface area (Å²) in [6, 6.07) is 0. The summed E-state index contributed by atoms with van der Waals surface area (Å²) < 4.78 is 73.6. The Hall–Kier alpha value is -2.79. The second kappa shape index (κ2) is 73.0. The van der Waals surface area contributed by atoms with Crippen LogP contribution >= 0.6 is 7.82 Å². The van der Waals surface area contributed by atoms with Crippen LogP contribution in [0.5, 0.6) is 0 Å². The molecule has 121 heavy (non-hydrogen) atoms. The summed E-state index contributed by atoms with van der Waals surface area (Å²) >= 11 is 0. The third-order valence-electron chi connectivity index (χ3n) is 24.4. The molecule has 1 aliphatic carbocycles. The number of phosphoric acid groups is 1. The lowest BCUT2D eigenvalue weighted by molar-refractivity contribution is -0.360. The Morgan fingerprint density at radius 1 is 0.347 bits per heavy atom. The number of hydrogen-bond acceptors (Lipinski definition) is 24. The molecule has 1 saturated carbocycles. The summed E-state index contributed by atoms with van der Waals surface area (Å²) in [7, 11) is -5.81. The van der Waals surface area contributed by atoms with Crippen molar-refractivity contribution in [2.45, 2.75) is 537 Å². The van der Waals surface area contributed by atoms with Crippen molar-refractivity contribution in [3.8, 4) is 0 Å². The lowest BCUT2D eigenvalue weighted by Gasteiger charge is -2.50. The van der Waals surface area contributed by atoms with Crippen LogP contribution < -0.4 is 0 Å². The predicted octanol–water partition coefficient (Wildman–Crippen LogP) is 19.0. The summed E-state index contributed by atoms with van der Waals surface area (Å²) in [6.45, 7) is 7.93. The summed E-state index contributed by atoms with van der Waals surface area (Å²) in [5.41, 5.74) is 0. The molecular weight excluding hydrogens is 1570 g/mol. The Labute approximate surface area is 731 Å². The monoisotopic (exact) mass is 1750 g/mol. The highest BCUT2D eigenvalue weighted by Crippen LogP contribution is 2.49. The first-order valence-electron chi connectivity index (χ1n) is 49.3. The second-order valence-electron chi connectivity index (χ2n) is 35.6. The molecule has 3 aliphatic rings. The molecule has 3 fully saturated rings. The number of aliphatic hydroxyl groups excluding tert-OH is 9. The van der Waals surface area contributed by atoms with E-state index in [-0.39, 0.29) is 25.7 Å². The zero-order valence-corrected chi connectivity index (χ0v) is 77.2. The summed E-state index contributed by atoms with van der Waals surface area (Å²) in [4.78, 5) is 66.7. The maximum Gasteiger partial charge on any atom is 0.472 e. The molecule has 10 N–H and O–H groups in total. The number of allylic oxidation sites excluding steroid dienone is 2. The van der Waals surface area contributed by atoms with Gasteiger partial charge in [0.25, 0.3) is 0 Å². The van der Waals surface area contributed by atoms with Crippen LogP contribution in [0.25, 0.3) is 0 Å². The van der Waals surface area contributed by atoms with Crippen molar-refractivity contribution >= 4 is 31.7 Å². The van der Waals surface area contributed by atoms with Gasteiger partial charge in [0.15, 0.2) is 24.8 Å². The van der Waals surface area contributed by atoms with Gasteiger partial charge in [-0.15, -0.1) is 0 Å². The number of ether oxygens (including phenoxy) is 8. The van der Waals surface area contributed by atoms with Gasteiger partial charge in [-0.1, -0.05) is 368 Å². The number of esters is 4. The minimum absolute atomic E-state index is 0.0185. The summed E-state index contributed by atoms with van der Waals surface area (Å²) in [5, 5.41) is 103. The van der Waals surface area contributed by atoms with Gasteiger partial charge >= 0.3 is 31.7 Å². The molecule has 0 aromatic heterocycles. The highest BCUT2D eigenvalue weighted by atomic mass is 31.2. The van der Waals surface area contributed by atoms with E-state index in [1.54, 1.807) is 0 Å². The van der Waals surface area contributed by atoms with Gasteiger partial charge in [0, 0.05) is 25.7 Å². The molecule has 26 heteroatoms. The molecule has 0 spiro atoms. The van der Waals surface area contributed by atoms with E-state index < -0.39 is 162 Å². The second-order valence-corrected chi connectivity index (χ2v) is 37.0. The van der Waals surface area contributed by atoms with E-state index in [2.05, 4.69) is 46.8 Å². The molecule has 0 amide bonds. The normalized spacial score (nSPS) is 24.9. The maximum absolute atomic E-state index is 14.9. The fraction of sp³-hybridized carbons (Fsp3) is 0.937. The fourth-order valence-corrected chi connectivity index (χ4v) is 17.5. The molecule has 712 valence electrons. The molecule has 19 atom stereocenters. The molecule has 25 nitrogen and oxygen atoms in total. The Balaban J connectivity index is 1.91. The van der Waals surface area contributed by atoms with E-state index in [4.69, 9.17) is 46.9 Å². The minimum atomic E-state index is -5.81. The topological polar surface area (TPSA) is 380 Å². The number of hydrogen-bond donors (Lipinski definition) is 10.